The monoisotopic (exact) mass is 552 g/mol. The van der Waals surface area contributed by atoms with Crippen molar-refractivity contribution in [3.8, 4) is 22.4 Å². The second-order valence-electron chi connectivity index (χ2n) is 8.49. The summed E-state index contributed by atoms with van der Waals surface area (Å²) in [5.41, 5.74) is 11.8. The molecule has 0 aliphatic rings. The number of nitrogens with two attached hydrogens (primary N) is 1. The molecule has 1 aromatic heterocycles. The van der Waals surface area contributed by atoms with Crippen LogP contribution >= 0.6 is 11.6 Å². The van der Waals surface area contributed by atoms with Gasteiger partial charge in [-0.3, -0.25) is 9.54 Å². The molecule has 0 aliphatic carbocycles. The van der Waals surface area contributed by atoms with E-state index in [9.17, 15) is 13.0 Å². The van der Waals surface area contributed by atoms with E-state index in [2.05, 4.69) is 21.3 Å². The van der Waals surface area contributed by atoms with E-state index in [-0.39, 0.29) is 45.8 Å². The number of aromatic nitrogens is 1. The van der Waals surface area contributed by atoms with Crippen LogP contribution < -0.4 is 5.73 Å². The van der Waals surface area contributed by atoms with Gasteiger partial charge in [-0.1, -0.05) is 65.7 Å². The van der Waals surface area contributed by atoms with E-state index in [0.29, 0.717) is 21.5 Å². The van der Waals surface area contributed by atoms with Gasteiger partial charge in [0.2, 0.25) is 0 Å². The van der Waals surface area contributed by atoms with Crippen molar-refractivity contribution in [2.75, 3.05) is 5.73 Å². The molecule has 0 bridgehead atoms. The Morgan fingerprint density at radius 3 is 2.32 bits per heavy atom. The average molecular weight is 553 g/mol. The van der Waals surface area contributed by atoms with E-state index in [1.165, 1.54) is 6.07 Å². The first-order valence-electron chi connectivity index (χ1n) is 11.2. The zero-order chi connectivity index (χ0) is 26.2. The Morgan fingerprint density at radius 1 is 0.868 bits per heavy atom. The standard InChI is InChI=1S/C28H21ClN4O3S.Na.H/c1-17-9-11-21(18-5-4-6-19(29)14-18)24(13-17)25-12-10-20(16-31-25)32-33-26-15-27(37(34,35)36)22-7-2-3-8-23(22)28(26)30;;/h2-16H,30H2,1H3,(H,34,35,36);;. The number of hydrogen-bond acceptors (Lipinski definition) is 6. The van der Waals surface area contributed by atoms with Crippen molar-refractivity contribution in [2.45, 2.75) is 11.8 Å². The Hall–Kier alpha value is -3.11. The molecule has 0 spiro atoms. The molecule has 1 heterocycles. The Bertz CT molecular complexity index is 1790. The fraction of sp³-hybridized carbons (Fsp3) is 0.0357. The van der Waals surface area contributed by atoms with Gasteiger partial charge in [-0.25, -0.2) is 0 Å². The van der Waals surface area contributed by atoms with Crippen LogP contribution in [0.4, 0.5) is 17.1 Å². The first-order chi connectivity index (χ1) is 17.7. The van der Waals surface area contributed by atoms with E-state index in [1.54, 1.807) is 36.5 Å². The van der Waals surface area contributed by atoms with Gasteiger partial charge in [-0.2, -0.15) is 8.42 Å². The maximum atomic E-state index is 12.0. The molecule has 0 saturated carbocycles. The number of pyridine rings is 1. The Labute approximate surface area is 247 Å². The van der Waals surface area contributed by atoms with Crippen LogP contribution in [-0.4, -0.2) is 47.5 Å². The van der Waals surface area contributed by atoms with Gasteiger partial charge in [-0.15, -0.1) is 10.2 Å². The topological polar surface area (TPSA) is 118 Å². The van der Waals surface area contributed by atoms with Crippen LogP contribution in [0.2, 0.25) is 5.02 Å². The summed E-state index contributed by atoms with van der Waals surface area (Å²) in [6, 6.07) is 25.2. The molecule has 0 fully saturated rings. The van der Waals surface area contributed by atoms with Crippen molar-refractivity contribution in [1.82, 2.24) is 4.98 Å². The van der Waals surface area contributed by atoms with Crippen molar-refractivity contribution in [3.63, 3.8) is 0 Å². The summed E-state index contributed by atoms with van der Waals surface area (Å²) >= 11 is 6.21. The third-order valence-electron chi connectivity index (χ3n) is 5.91. The first kappa shape index (κ1) is 27.9. The minimum absolute atomic E-state index is 0. The second-order valence-corrected chi connectivity index (χ2v) is 10.3. The van der Waals surface area contributed by atoms with Gasteiger partial charge in [0, 0.05) is 21.4 Å². The van der Waals surface area contributed by atoms with Crippen molar-refractivity contribution < 1.29 is 13.0 Å². The zero-order valence-electron chi connectivity index (χ0n) is 19.6. The van der Waals surface area contributed by atoms with Gasteiger partial charge >= 0.3 is 29.6 Å². The molecule has 186 valence electrons. The summed E-state index contributed by atoms with van der Waals surface area (Å²) in [7, 11) is -4.50. The predicted octanol–water partition coefficient (Wildman–Crippen LogP) is 7.13. The van der Waals surface area contributed by atoms with Crippen LogP contribution in [0.15, 0.2) is 106 Å². The summed E-state index contributed by atoms with van der Waals surface area (Å²) in [6.45, 7) is 2.02. The quantitative estimate of drug-likeness (QED) is 0.104. The molecule has 4 aromatic carbocycles. The molecule has 0 atom stereocenters. The van der Waals surface area contributed by atoms with Crippen LogP contribution in [0.1, 0.15) is 5.56 Å². The van der Waals surface area contributed by atoms with Crippen LogP contribution in [0.3, 0.4) is 0 Å². The van der Waals surface area contributed by atoms with Crippen molar-refractivity contribution in [2.24, 2.45) is 10.2 Å². The molecule has 5 rings (SSSR count). The molecule has 0 saturated heterocycles. The molecule has 7 nitrogen and oxygen atoms in total. The van der Waals surface area contributed by atoms with Crippen molar-refractivity contribution in [1.29, 1.82) is 0 Å². The van der Waals surface area contributed by atoms with Crippen LogP contribution in [0.25, 0.3) is 33.2 Å². The van der Waals surface area contributed by atoms with Gasteiger partial charge < -0.3 is 5.73 Å². The first-order valence-corrected chi connectivity index (χ1v) is 13.1. The molecule has 3 N–H and O–H groups in total. The molecule has 0 amide bonds. The number of fused-ring (bicyclic) bond motifs is 1. The van der Waals surface area contributed by atoms with Crippen LogP contribution in [0.5, 0.6) is 0 Å². The van der Waals surface area contributed by atoms with Crippen LogP contribution in [-0.2, 0) is 10.1 Å². The number of rotatable bonds is 5. The maximum absolute atomic E-state index is 12.0. The number of azo groups is 1. The molecule has 10 heteroatoms. The summed E-state index contributed by atoms with van der Waals surface area (Å²) in [4.78, 5) is 4.30. The molecule has 0 aliphatic heterocycles. The summed E-state index contributed by atoms with van der Waals surface area (Å²) in [5.74, 6) is 0. The van der Waals surface area contributed by atoms with Gasteiger partial charge in [-0.05, 0) is 54.4 Å². The van der Waals surface area contributed by atoms with E-state index < -0.39 is 10.1 Å². The average Bonchev–Trinajstić information content (AvgIpc) is 2.88. The normalized spacial score (nSPS) is 11.6. The Kier molecular flexibility index (Phi) is 8.32. The van der Waals surface area contributed by atoms with Gasteiger partial charge in [0.15, 0.2) is 0 Å². The molecule has 5 aromatic rings. The summed E-state index contributed by atoms with van der Waals surface area (Å²) in [5, 5.41) is 9.77. The molecule has 0 unspecified atom stereocenters. The second kappa shape index (κ2) is 11.3. The number of anilines is 1. The number of hydrogen-bond donors (Lipinski definition) is 2. The third kappa shape index (κ3) is 5.81. The number of nitrogen functional groups attached to an aromatic ring is 1. The van der Waals surface area contributed by atoms with E-state index >= 15 is 0 Å². The number of benzene rings is 4. The van der Waals surface area contributed by atoms with Crippen molar-refractivity contribution >= 4 is 79.1 Å². The molecular formula is C28H22ClN4NaO3S. The van der Waals surface area contributed by atoms with Gasteiger partial charge in [0.05, 0.1) is 17.6 Å². The van der Waals surface area contributed by atoms with E-state index in [0.717, 1.165) is 27.9 Å². The summed E-state index contributed by atoms with van der Waals surface area (Å²) in [6.07, 6.45) is 1.57. The zero-order valence-corrected chi connectivity index (χ0v) is 21.2. The predicted molar refractivity (Wildman–Crippen MR) is 154 cm³/mol. The fourth-order valence-corrected chi connectivity index (χ4v) is 5.05. The summed E-state index contributed by atoms with van der Waals surface area (Å²) < 4.78 is 33.6. The SMILES string of the molecule is Cc1ccc(-c2cccc(Cl)c2)c(-c2ccc(N=Nc3cc(S(=O)(=O)O)c4ccccc4c3N)cn2)c1.[NaH]. The minimum atomic E-state index is -4.50. The fourth-order valence-electron chi connectivity index (χ4n) is 4.14. The van der Waals surface area contributed by atoms with E-state index in [1.807, 2.05) is 49.4 Å². The van der Waals surface area contributed by atoms with Crippen LogP contribution in [0, 0.1) is 6.92 Å². The molecule has 0 radical (unpaired) electrons. The molecule has 38 heavy (non-hydrogen) atoms. The van der Waals surface area contributed by atoms with Gasteiger partial charge in [0.25, 0.3) is 10.1 Å². The molecular weight excluding hydrogens is 531 g/mol. The van der Waals surface area contributed by atoms with Gasteiger partial charge in [0.1, 0.15) is 16.3 Å². The Balaban J connectivity index is 0.00000336. The van der Waals surface area contributed by atoms with Crippen molar-refractivity contribution in [3.05, 3.63) is 102 Å². The number of halogens is 1. The number of nitrogens with zero attached hydrogens (tertiary/aromatic N) is 3. The third-order valence-corrected chi connectivity index (χ3v) is 7.04. The number of aryl methyl sites for hydroxylation is 1. The Morgan fingerprint density at radius 2 is 1.63 bits per heavy atom. The van der Waals surface area contributed by atoms with E-state index in [4.69, 9.17) is 17.3 Å².